The molecule has 0 nitrogen and oxygen atoms in total. The van der Waals surface area contributed by atoms with E-state index in [0.29, 0.717) is 0 Å². The summed E-state index contributed by atoms with van der Waals surface area (Å²) in [6.07, 6.45) is 0. The topological polar surface area (TPSA) is 0 Å². The van der Waals surface area contributed by atoms with Gasteiger partial charge in [-0.05, 0) is 28.1 Å². The smallest absolute Gasteiger partial charge is 0.217 e. The summed E-state index contributed by atoms with van der Waals surface area (Å²) in [5, 5.41) is 0. The van der Waals surface area contributed by atoms with Gasteiger partial charge >= 0.3 is 0 Å². The van der Waals surface area contributed by atoms with Crippen LogP contribution in [0.25, 0.3) is 0 Å². The van der Waals surface area contributed by atoms with E-state index in [4.69, 9.17) is 0 Å². The minimum absolute atomic E-state index is 0.433. The van der Waals surface area contributed by atoms with Gasteiger partial charge in [0.05, 0.1) is 0 Å². The molecule has 0 spiro atoms. The van der Waals surface area contributed by atoms with E-state index >= 15 is 0 Å². The Morgan fingerprint density at radius 1 is 1.23 bits per heavy atom. The highest BCUT2D eigenvalue weighted by atomic mass is 79.9. The summed E-state index contributed by atoms with van der Waals surface area (Å²) in [5.41, 5.74) is 0. The Balaban J connectivity index is 2.69. The van der Waals surface area contributed by atoms with Crippen molar-refractivity contribution in [2.75, 3.05) is 0 Å². The minimum Gasteiger partial charge on any atom is -0.217 e. The number of hydrogen-bond acceptors (Lipinski definition) is 1. The van der Waals surface area contributed by atoms with E-state index < -0.39 is 7.65 Å². The number of halogens is 4. The molecule has 1 rings (SSSR count). The van der Waals surface area contributed by atoms with E-state index in [9.17, 15) is 4.39 Å². The van der Waals surface area contributed by atoms with Crippen molar-refractivity contribution in [1.29, 1.82) is 0 Å². The molecule has 0 aliphatic rings. The van der Waals surface area contributed by atoms with E-state index in [1.54, 1.807) is 0 Å². The number of benzene rings is 1. The molecule has 1 aromatic rings. The molecule has 0 bridgehead atoms. The second kappa shape index (κ2) is 5.14. The van der Waals surface area contributed by atoms with Crippen LogP contribution in [0.4, 0.5) is 4.39 Å². The van der Waals surface area contributed by atoms with Gasteiger partial charge in [-0.2, -0.15) is 0 Å². The quantitative estimate of drug-likeness (QED) is 0.520. The number of alkyl halides is 4. The average Bonchev–Trinajstić information content (AvgIpc) is 2.05. The fraction of sp³-hybridized carbons (Fsp3) is 0.250. The Morgan fingerprint density at radius 2 is 1.77 bits per heavy atom. The standard InChI is InChI=1S/C8H6Br3FS/c9-7(10)8(11,12)13-6-4-2-1-3-5-6/h1-5,7H. The zero-order valence-electron chi connectivity index (χ0n) is 6.38. The largest absolute Gasteiger partial charge is 0.237 e. The van der Waals surface area contributed by atoms with Gasteiger partial charge < -0.3 is 0 Å². The monoisotopic (exact) mass is 390 g/mol. The van der Waals surface area contributed by atoms with Crippen LogP contribution in [-0.2, 0) is 0 Å². The molecule has 0 heterocycles. The lowest BCUT2D eigenvalue weighted by Crippen LogP contribution is -2.16. The number of thioether (sulfide) groups is 1. The summed E-state index contributed by atoms with van der Waals surface area (Å²) >= 11 is 10.4. The molecule has 0 aliphatic heterocycles. The molecule has 0 amide bonds. The molecular weight excluding hydrogens is 387 g/mol. The van der Waals surface area contributed by atoms with E-state index in [2.05, 4.69) is 47.8 Å². The second-order valence-corrected chi connectivity index (χ2v) is 8.29. The molecule has 5 heteroatoms. The molecule has 0 saturated heterocycles. The van der Waals surface area contributed by atoms with Crippen LogP contribution in [0.3, 0.4) is 0 Å². The maximum Gasteiger partial charge on any atom is 0.237 e. The van der Waals surface area contributed by atoms with E-state index in [-0.39, 0.29) is 0 Å². The van der Waals surface area contributed by atoms with Crippen molar-refractivity contribution >= 4 is 59.6 Å². The summed E-state index contributed by atoms with van der Waals surface area (Å²) in [6, 6.07) is 9.38. The second-order valence-electron chi connectivity index (χ2n) is 2.28. The maximum atomic E-state index is 13.7. The zero-order valence-corrected chi connectivity index (χ0v) is 12.0. The van der Waals surface area contributed by atoms with Crippen LogP contribution in [0.2, 0.25) is 0 Å². The third kappa shape index (κ3) is 3.90. The highest BCUT2D eigenvalue weighted by Crippen LogP contribution is 2.46. The van der Waals surface area contributed by atoms with Crippen LogP contribution in [0, 0.1) is 0 Å². The molecule has 72 valence electrons. The van der Waals surface area contributed by atoms with Gasteiger partial charge in [-0.15, -0.1) is 0 Å². The van der Waals surface area contributed by atoms with Gasteiger partial charge in [0, 0.05) is 4.90 Å². The van der Waals surface area contributed by atoms with Crippen molar-refractivity contribution < 1.29 is 4.39 Å². The molecule has 0 aliphatic carbocycles. The Bertz CT molecular complexity index is 263. The van der Waals surface area contributed by atoms with Crippen LogP contribution < -0.4 is 0 Å². The molecule has 1 unspecified atom stereocenters. The van der Waals surface area contributed by atoms with Gasteiger partial charge in [-0.25, -0.2) is 4.39 Å². The van der Waals surface area contributed by atoms with Crippen molar-refractivity contribution in [3.05, 3.63) is 30.3 Å². The van der Waals surface area contributed by atoms with Crippen molar-refractivity contribution in [2.45, 2.75) is 12.5 Å². The Hall–Kier alpha value is 0.940. The predicted octanol–water partition coefficient (Wildman–Crippen LogP) is 4.91. The minimum atomic E-state index is -1.53. The highest BCUT2D eigenvalue weighted by Gasteiger charge is 2.34. The Morgan fingerprint density at radius 3 is 2.23 bits per heavy atom. The average molecular weight is 393 g/mol. The molecule has 1 atom stereocenters. The Labute approximate surface area is 106 Å². The molecule has 1 aromatic carbocycles. The zero-order chi connectivity index (χ0) is 9.90. The number of rotatable bonds is 3. The van der Waals surface area contributed by atoms with Gasteiger partial charge in [-0.3, -0.25) is 0 Å². The van der Waals surface area contributed by atoms with Gasteiger partial charge in [-0.1, -0.05) is 61.8 Å². The van der Waals surface area contributed by atoms with Crippen LogP contribution in [0.5, 0.6) is 0 Å². The lowest BCUT2D eigenvalue weighted by Gasteiger charge is -2.18. The molecule has 0 radical (unpaired) electrons. The van der Waals surface area contributed by atoms with Crippen LogP contribution in [0.1, 0.15) is 0 Å². The summed E-state index contributed by atoms with van der Waals surface area (Å²) < 4.78 is 11.7. The summed E-state index contributed by atoms with van der Waals surface area (Å²) in [5.74, 6) is 0. The van der Waals surface area contributed by atoms with Crippen molar-refractivity contribution in [3.63, 3.8) is 0 Å². The van der Waals surface area contributed by atoms with Gasteiger partial charge in [0.15, 0.2) is 0 Å². The van der Waals surface area contributed by atoms with Gasteiger partial charge in [0.25, 0.3) is 0 Å². The first-order valence-electron chi connectivity index (χ1n) is 3.42. The molecular formula is C8H6Br3FS. The normalized spacial score (nSPS) is 15.8. The first-order chi connectivity index (χ1) is 6.02. The lowest BCUT2D eigenvalue weighted by molar-refractivity contribution is 0.451. The van der Waals surface area contributed by atoms with E-state index in [1.165, 1.54) is 0 Å². The summed E-state index contributed by atoms with van der Waals surface area (Å²) in [7, 11) is 0. The van der Waals surface area contributed by atoms with Crippen molar-refractivity contribution in [1.82, 2.24) is 0 Å². The third-order valence-corrected chi connectivity index (χ3v) is 6.31. The summed E-state index contributed by atoms with van der Waals surface area (Å²) in [6.45, 7) is 0. The molecule has 0 saturated carbocycles. The Kier molecular flexibility index (Phi) is 4.75. The maximum absolute atomic E-state index is 13.7. The fourth-order valence-electron chi connectivity index (χ4n) is 0.690. The van der Waals surface area contributed by atoms with Crippen LogP contribution in [-0.4, -0.2) is 7.65 Å². The van der Waals surface area contributed by atoms with Crippen molar-refractivity contribution in [2.24, 2.45) is 0 Å². The molecule has 0 N–H and O–H groups in total. The van der Waals surface area contributed by atoms with Gasteiger partial charge in [0.1, 0.15) is 3.74 Å². The highest BCUT2D eigenvalue weighted by molar-refractivity contribution is 9.25. The lowest BCUT2D eigenvalue weighted by atomic mass is 10.4. The molecule has 0 fully saturated rings. The molecule has 13 heavy (non-hydrogen) atoms. The van der Waals surface area contributed by atoms with Crippen molar-refractivity contribution in [3.8, 4) is 0 Å². The van der Waals surface area contributed by atoms with Crippen LogP contribution >= 0.6 is 59.6 Å². The van der Waals surface area contributed by atoms with E-state index in [0.717, 1.165) is 16.7 Å². The first kappa shape index (κ1) is 12.0. The van der Waals surface area contributed by atoms with Crippen LogP contribution in [0.15, 0.2) is 35.2 Å². The molecule has 0 aromatic heterocycles. The predicted molar refractivity (Wildman–Crippen MR) is 66.7 cm³/mol. The van der Waals surface area contributed by atoms with Gasteiger partial charge in [0.2, 0.25) is 3.91 Å². The third-order valence-electron chi connectivity index (χ3n) is 1.25. The fourth-order valence-corrected chi connectivity index (χ4v) is 2.51. The SMILES string of the molecule is FC(Br)(Sc1ccccc1)C(Br)Br. The van der Waals surface area contributed by atoms with E-state index in [1.807, 2.05) is 30.3 Å². The first-order valence-corrected chi connectivity index (χ1v) is 6.86. The number of hydrogen-bond donors (Lipinski definition) is 0. The summed E-state index contributed by atoms with van der Waals surface area (Å²) in [4.78, 5) is 0.880.